The van der Waals surface area contributed by atoms with Crippen LogP contribution in [0.5, 0.6) is 0 Å². The summed E-state index contributed by atoms with van der Waals surface area (Å²) in [6.45, 7) is 2.77. The van der Waals surface area contributed by atoms with Crippen molar-refractivity contribution in [1.29, 1.82) is 0 Å². The van der Waals surface area contributed by atoms with Gasteiger partial charge in [0, 0.05) is 19.3 Å². The zero-order chi connectivity index (χ0) is 13.7. The molecule has 19 heavy (non-hydrogen) atoms. The lowest BCUT2D eigenvalue weighted by molar-refractivity contribution is 0.174. The first-order chi connectivity index (χ1) is 9.15. The van der Waals surface area contributed by atoms with Crippen LogP contribution < -0.4 is 5.32 Å². The molecule has 2 N–H and O–H groups in total. The van der Waals surface area contributed by atoms with Gasteiger partial charge in [0.2, 0.25) is 0 Å². The molecule has 0 bridgehead atoms. The van der Waals surface area contributed by atoms with Crippen LogP contribution in [-0.4, -0.2) is 21.6 Å². The molecule has 0 radical (unpaired) electrons. The summed E-state index contributed by atoms with van der Waals surface area (Å²) in [5, 5.41) is 13.0. The van der Waals surface area contributed by atoms with E-state index in [1.807, 2.05) is 13.0 Å². The fourth-order valence-corrected chi connectivity index (χ4v) is 1.74. The lowest BCUT2D eigenvalue weighted by Gasteiger charge is -2.12. The second-order valence-corrected chi connectivity index (χ2v) is 4.29. The fourth-order valence-electron chi connectivity index (χ4n) is 1.74. The molecule has 0 aliphatic rings. The molecule has 4 nitrogen and oxygen atoms in total. The molecule has 2 aromatic rings. The number of rotatable bonds is 5. The molecule has 1 aromatic carbocycles. The van der Waals surface area contributed by atoms with Crippen LogP contribution in [0.15, 0.2) is 36.5 Å². The number of nitrogens with one attached hydrogen (secondary N) is 1. The number of nitrogens with zero attached hydrogens (tertiary/aromatic N) is 2. The van der Waals surface area contributed by atoms with Crippen LogP contribution in [0.4, 0.5) is 4.39 Å². The van der Waals surface area contributed by atoms with E-state index in [4.69, 9.17) is 0 Å². The zero-order valence-electron chi connectivity index (χ0n) is 10.7. The molecule has 0 saturated carbocycles. The average Bonchev–Trinajstić information content (AvgIpc) is 2.39. The first-order valence-corrected chi connectivity index (χ1v) is 6.08. The molecule has 100 valence electrons. The van der Waals surface area contributed by atoms with E-state index in [0.717, 1.165) is 11.5 Å². The van der Waals surface area contributed by atoms with Crippen molar-refractivity contribution in [2.45, 2.75) is 19.6 Å². The van der Waals surface area contributed by atoms with Gasteiger partial charge in [-0.05, 0) is 30.7 Å². The molecule has 1 heterocycles. The predicted molar refractivity (Wildman–Crippen MR) is 69.8 cm³/mol. The van der Waals surface area contributed by atoms with E-state index in [9.17, 15) is 9.50 Å². The molecule has 0 fully saturated rings. The molecule has 2 rings (SSSR count). The maximum Gasteiger partial charge on any atom is 0.125 e. The first-order valence-electron chi connectivity index (χ1n) is 6.08. The Morgan fingerprint density at radius 1 is 1.26 bits per heavy atom. The summed E-state index contributed by atoms with van der Waals surface area (Å²) >= 11 is 0. The highest BCUT2D eigenvalue weighted by molar-refractivity contribution is 5.18. The fraction of sp³-hybridized carbons (Fsp3) is 0.286. The number of hydrogen-bond acceptors (Lipinski definition) is 4. The Balaban J connectivity index is 1.84. The van der Waals surface area contributed by atoms with Gasteiger partial charge < -0.3 is 10.4 Å². The summed E-state index contributed by atoms with van der Waals surface area (Å²) < 4.78 is 12.7. The van der Waals surface area contributed by atoms with E-state index in [1.165, 1.54) is 12.1 Å². The lowest BCUT2D eigenvalue weighted by Crippen LogP contribution is -2.21. The smallest absolute Gasteiger partial charge is 0.125 e. The van der Waals surface area contributed by atoms with Crippen LogP contribution >= 0.6 is 0 Å². The Kier molecular flexibility index (Phi) is 4.54. The standard InChI is InChI=1S/C14H16FN3O/c1-10-17-7-6-13(18-10)8-16-9-14(19)11-2-4-12(15)5-3-11/h2-7,14,16,19H,8-9H2,1H3. The predicted octanol–water partition coefficient (Wildman–Crippen LogP) is 1.75. The minimum absolute atomic E-state index is 0.305. The van der Waals surface area contributed by atoms with Gasteiger partial charge >= 0.3 is 0 Å². The van der Waals surface area contributed by atoms with Gasteiger partial charge in [0.15, 0.2) is 0 Å². The van der Waals surface area contributed by atoms with Crippen LogP contribution in [0.3, 0.4) is 0 Å². The molecule has 1 atom stereocenters. The van der Waals surface area contributed by atoms with Gasteiger partial charge in [-0.3, -0.25) is 0 Å². The third-order valence-electron chi connectivity index (χ3n) is 2.73. The summed E-state index contributed by atoms with van der Waals surface area (Å²) in [7, 11) is 0. The quantitative estimate of drug-likeness (QED) is 0.861. The molecule has 0 spiro atoms. The highest BCUT2D eigenvalue weighted by Crippen LogP contribution is 2.12. The largest absolute Gasteiger partial charge is 0.387 e. The minimum atomic E-state index is -0.663. The van der Waals surface area contributed by atoms with Gasteiger partial charge in [0.1, 0.15) is 11.6 Å². The van der Waals surface area contributed by atoms with Crippen molar-refractivity contribution >= 4 is 0 Å². The number of halogens is 1. The van der Waals surface area contributed by atoms with E-state index in [-0.39, 0.29) is 5.82 Å². The Morgan fingerprint density at radius 3 is 2.68 bits per heavy atom. The third-order valence-corrected chi connectivity index (χ3v) is 2.73. The van der Waals surface area contributed by atoms with E-state index in [2.05, 4.69) is 15.3 Å². The number of aliphatic hydroxyl groups is 1. The topological polar surface area (TPSA) is 58.0 Å². The van der Waals surface area contributed by atoms with E-state index in [1.54, 1.807) is 18.3 Å². The lowest BCUT2D eigenvalue weighted by atomic mass is 10.1. The molecular formula is C14H16FN3O. The van der Waals surface area contributed by atoms with Gasteiger partial charge in [-0.1, -0.05) is 12.1 Å². The number of aromatic nitrogens is 2. The van der Waals surface area contributed by atoms with Gasteiger partial charge in [-0.2, -0.15) is 0 Å². The van der Waals surface area contributed by atoms with Crippen molar-refractivity contribution < 1.29 is 9.50 Å². The normalized spacial score (nSPS) is 12.4. The Hall–Kier alpha value is -1.85. The van der Waals surface area contributed by atoms with Crippen molar-refractivity contribution in [2.24, 2.45) is 0 Å². The van der Waals surface area contributed by atoms with Crippen molar-refractivity contribution in [2.75, 3.05) is 6.54 Å². The van der Waals surface area contributed by atoms with Crippen LogP contribution in [0, 0.1) is 12.7 Å². The number of hydrogen-bond donors (Lipinski definition) is 2. The SMILES string of the molecule is Cc1nccc(CNCC(O)c2ccc(F)cc2)n1. The van der Waals surface area contributed by atoms with Crippen LogP contribution in [0.1, 0.15) is 23.2 Å². The molecule has 0 saturated heterocycles. The summed E-state index contributed by atoms with van der Waals surface area (Å²) in [5.41, 5.74) is 1.56. The van der Waals surface area contributed by atoms with Crippen molar-refractivity contribution in [3.8, 4) is 0 Å². The number of aliphatic hydroxyl groups excluding tert-OH is 1. The number of benzene rings is 1. The molecule has 0 amide bonds. The summed E-state index contributed by atoms with van der Waals surface area (Å²) in [5.74, 6) is 0.416. The third kappa shape index (κ3) is 4.08. The molecule has 1 unspecified atom stereocenters. The van der Waals surface area contributed by atoms with Crippen LogP contribution in [-0.2, 0) is 6.54 Å². The first kappa shape index (κ1) is 13.6. The second kappa shape index (κ2) is 6.36. The van der Waals surface area contributed by atoms with Gasteiger partial charge in [-0.25, -0.2) is 14.4 Å². The van der Waals surface area contributed by atoms with Crippen molar-refractivity contribution in [3.63, 3.8) is 0 Å². The van der Waals surface area contributed by atoms with Crippen LogP contribution in [0.25, 0.3) is 0 Å². The summed E-state index contributed by atoms with van der Waals surface area (Å²) in [6.07, 6.45) is 1.04. The Labute approximate surface area is 111 Å². The Bertz CT molecular complexity index is 530. The van der Waals surface area contributed by atoms with Gasteiger partial charge in [0.05, 0.1) is 11.8 Å². The highest BCUT2D eigenvalue weighted by atomic mass is 19.1. The minimum Gasteiger partial charge on any atom is -0.387 e. The van der Waals surface area contributed by atoms with Gasteiger partial charge in [-0.15, -0.1) is 0 Å². The summed E-state index contributed by atoms with van der Waals surface area (Å²) in [6, 6.07) is 7.66. The number of aryl methyl sites for hydroxylation is 1. The Morgan fingerprint density at radius 2 is 2.00 bits per heavy atom. The van der Waals surface area contributed by atoms with Crippen LogP contribution in [0.2, 0.25) is 0 Å². The zero-order valence-corrected chi connectivity index (χ0v) is 10.7. The maximum atomic E-state index is 12.7. The molecule has 0 aliphatic heterocycles. The molecule has 1 aromatic heterocycles. The summed E-state index contributed by atoms with van der Waals surface area (Å²) in [4.78, 5) is 8.26. The van der Waals surface area contributed by atoms with Crippen molar-refractivity contribution in [3.05, 3.63) is 59.4 Å². The molecule has 5 heteroatoms. The van der Waals surface area contributed by atoms with Crippen molar-refractivity contribution in [1.82, 2.24) is 15.3 Å². The second-order valence-electron chi connectivity index (χ2n) is 4.29. The van der Waals surface area contributed by atoms with E-state index in [0.29, 0.717) is 18.7 Å². The van der Waals surface area contributed by atoms with E-state index < -0.39 is 6.10 Å². The monoisotopic (exact) mass is 261 g/mol. The molecule has 0 aliphatic carbocycles. The molecular weight excluding hydrogens is 245 g/mol. The van der Waals surface area contributed by atoms with Gasteiger partial charge in [0.25, 0.3) is 0 Å². The average molecular weight is 261 g/mol. The highest BCUT2D eigenvalue weighted by Gasteiger charge is 2.07. The maximum absolute atomic E-state index is 12.7. The van der Waals surface area contributed by atoms with E-state index >= 15 is 0 Å².